The lowest BCUT2D eigenvalue weighted by Crippen LogP contribution is -2.42. The summed E-state index contributed by atoms with van der Waals surface area (Å²) in [5, 5.41) is 3.22. The lowest BCUT2D eigenvalue weighted by molar-refractivity contribution is -0.120. The average molecular weight is 464 g/mol. The molecule has 9 heteroatoms. The molecule has 0 spiro atoms. The number of benzene rings is 1. The molecule has 0 aliphatic heterocycles. The van der Waals surface area contributed by atoms with E-state index in [0.29, 0.717) is 42.3 Å². The number of rotatable bonds is 8. The van der Waals surface area contributed by atoms with E-state index in [9.17, 15) is 13.2 Å². The Hall–Kier alpha value is -2.10. The maximum absolute atomic E-state index is 12.9. The summed E-state index contributed by atoms with van der Waals surface area (Å²) in [5.41, 5.74) is 0.641. The second-order valence-electron chi connectivity index (χ2n) is 7.87. The van der Waals surface area contributed by atoms with Crippen molar-refractivity contribution in [3.8, 4) is 5.88 Å². The largest absolute Gasteiger partial charge is 0.481 e. The van der Waals surface area contributed by atoms with Crippen LogP contribution in [0.3, 0.4) is 0 Å². The zero-order valence-electron chi connectivity index (χ0n) is 18.0. The molecule has 1 aromatic carbocycles. The Balaban J connectivity index is 1.64. The van der Waals surface area contributed by atoms with Crippen molar-refractivity contribution in [1.82, 2.24) is 9.71 Å². The molecule has 1 heterocycles. The summed E-state index contributed by atoms with van der Waals surface area (Å²) in [6.07, 6.45) is 2.58. The molecule has 31 heavy (non-hydrogen) atoms. The van der Waals surface area contributed by atoms with Crippen molar-refractivity contribution in [2.24, 2.45) is 5.92 Å². The number of carbonyl (C=O) groups excluding carboxylic acids is 1. The fourth-order valence-corrected chi connectivity index (χ4v) is 5.24. The van der Waals surface area contributed by atoms with Gasteiger partial charge in [-0.1, -0.05) is 30.0 Å². The van der Waals surface area contributed by atoms with Crippen LogP contribution in [-0.4, -0.2) is 37.7 Å². The number of sulfonamides is 1. The topological polar surface area (TPSA) is 97.4 Å². The summed E-state index contributed by atoms with van der Waals surface area (Å²) in [6.45, 7) is 3.32. The first-order valence-electron chi connectivity index (χ1n) is 10.4. The number of aromatic nitrogens is 1. The molecule has 168 valence electrons. The molecule has 1 amide bonds. The Bertz CT molecular complexity index is 989. The Morgan fingerprint density at radius 1 is 1.10 bits per heavy atom. The molecule has 1 aromatic heterocycles. The van der Waals surface area contributed by atoms with Gasteiger partial charge in [0.15, 0.2) is 0 Å². The molecule has 7 nitrogen and oxygen atoms in total. The summed E-state index contributed by atoms with van der Waals surface area (Å²) in [6, 6.07) is 13.2. The number of nitrogens with one attached hydrogen (secondary N) is 2. The molecule has 0 radical (unpaired) electrons. The van der Waals surface area contributed by atoms with Gasteiger partial charge in [-0.15, -0.1) is 0 Å². The van der Waals surface area contributed by atoms with Crippen LogP contribution in [0.25, 0.3) is 0 Å². The zero-order chi connectivity index (χ0) is 22.4. The Labute approximate surface area is 188 Å². The second-order valence-corrected chi connectivity index (χ2v) is 11.2. The number of carbonyl (C=O) groups is 1. The van der Waals surface area contributed by atoms with Gasteiger partial charge in [0, 0.05) is 22.9 Å². The van der Waals surface area contributed by atoms with Gasteiger partial charge in [0.05, 0.1) is 18.0 Å². The molecule has 3 rings (SSSR count). The van der Waals surface area contributed by atoms with Crippen molar-refractivity contribution in [1.29, 1.82) is 0 Å². The minimum Gasteiger partial charge on any atom is -0.481 e. The quantitative estimate of drug-likeness (QED) is 0.613. The molecule has 0 atom stereocenters. The van der Waals surface area contributed by atoms with Gasteiger partial charge in [-0.2, -0.15) is 0 Å². The van der Waals surface area contributed by atoms with Crippen LogP contribution in [0.1, 0.15) is 39.5 Å². The molecule has 1 saturated carbocycles. The number of nitrogens with zero attached hydrogens (tertiary/aromatic N) is 1. The van der Waals surface area contributed by atoms with E-state index in [1.165, 1.54) is 11.8 Å². The highest BCUT2D eigenvalue weighted by Crippen LogP contribution is 2.34. The van der Waals surface area contributed by atoms with Crippen molar-refractivity contribution >= 4 is 33.4 Å². The Morgan fingerprint density at radius 2 is 1.77 bits per heavy atom. The summed E-state index contributed by atoms with van der Waals surface area (Å²) in [7, 11) is -1.74. The number of ether oxygens (including phenoxy) is 1. The van der Waals surface area contributed by atoms with Gasteiger partial charge in [-0.3, -0.25) is 4.79 Å². The maximum Gasteiger partial charge on any atom is 0.227 e. The van der Waals surface area contributed by atoms with E-state index in [1.54, 1.807) is 33.1 Å². The first-order chi connectivity index (χ1) is 14.8. The molecule has 0 unspecified atom stereocenters. The van der Waals surface area contributed by atoms with Crippen molar-refractivity contribution in [2.75, 3.05) is 12.4 Å². The highest BCUT2D eigenvalue weighted by molar-refractivity contribution is 7.99. The summed E-state index contributed by atoms with van der Waals surface area (Å²) in [4.78, 5) is 18.4. The van der Waals surface area contributed by atoms with E-state index < -0.39 is 15.3 Å². The van der Waals surface area contributed by atoms with Gasteiger partial charge >= 0.3 is 0 Å². The summed E-state index contributed by atoms with van der Waals surface area (Å²) >= 11 is 1.46. The SMILES string of the molecule is COc1ccc(NC(=O)C2CCC(NS(=O)(=O)C(C)C)CC2)c(Sc2ccccc2)n1. The minimum absolute atomic E-state index is 0.0629. The van der Waals surface area contributed by atoms with Crippen LogP contribution in [0.15, 0.2) is 52.4 Å². The number of hydrogen-bond acceptors (Lipinski definition) is 6. The van der Waals surface area contributed by atoms with E-state index in [0.717, 1.165) is 4.90 Å². The number of anilines is 1. The van der Waals surface area contributed by atoms with Crippen molar-refractivity contribution in [2.45, 2.75) is 60.7 Å². The second kappa shape index (κ2) is 10.5. The number of amides is 1. The van der Waals surface area contributed by atoms with Crippen LogP contribution < -0.4 is 14.8 Å². The number of pyridine rings is 1. The van der Waals surface area contributed by atoms with Crippen LogP contribution in [0, 0.1) is 5.92 Å². The number of methoxy groups -OCH3 is 1. The van der Waals surface area contributed by atoms with Crippen LogP contribution in [0.5, 0.6) is 5.88 Å². The highest BCUT2D eigenvalue weighted by Gasteiger charge is 2.30. The van der Waals surface area contributed by atoms with Crippen LogP contribution in [0.4, 0.5) is 5.69 Å². The van der Waals surface area contributed by atoms with Crippen molar-refractivity contribution in [3.05, 3.63) is 42.5 Å². The standard InChI is InChI=1S/C22H29N3O4S2/c1-15(2)31(27,28)25-17-11-9-16(10-12-17)21(26)23-19-13-14-20(29-3)24-22(19)30-18-7-5-4-6-8-18/h4-8,13-17,25H,9-12H2,1-3H3,(H,23,26). The van der Waals surface area contributed by atoms with E-state index >= 15 is 0 Å². The fourth-order valence-electron chi connectivity index (χ4n) is 3.39. The first-order valence-corrected chi connectivity index (χ1v) is 12.7. The van der Waals surface area contributed by atoms with Crippen molar-refractivity contribution < 1.29 is 17.9 Å². The van der Waals surface area contributed by atoms with E-state index in [2.05, 4.69) is 15.0 Å². The van der Waals surface area contributed by atoms with Gasteiger partial charge in [0.1, 0.15) is 5.03 Å². The molecule has 0 bridgehead atoms. The van der Waals surface area contributed by atoms with Crippen LogP contribution in [0.2, 0.25) is 0 Å². The predicted octanol–water partition coefficient (Wildman–Crippen LogP) is 4.07. The highest BCUT2D eigenvalue weighted by atomic mass is 32.2. The van der Waals surface area contributed by atoms with Gasteiger partial charge < -0.3 is 10.1 Å². The molecule has 1 aliphatic rings. The van der Waals surface area contributed by atoms with Gasteiger partial charge in [-0.05, 0) is 57.7 Å². The van der Waals surface area contributed by atoms with Gasteiger partial charge in [-0.25, -0.2) is 18.1 Å². The first kappa shape index (κ1) is 23.6. The zero-order valence-corrected chi connectivity index (χ0v) is 19.6. The molecule has 2 aromatic rings. The maximum atomic E-state index is 12.9. The molecule has 1 aliphatic carbocycles. The summed E-state index contributed by atoms with van der Waals surface area (Å²) < 4.78 is 32.2. The lowest BCUT2D eigenvalue weighted by atomic mass is 9.86. The monoisotopic (exact) mass is 463 g/mol. The van der Waals surface area contributed by atoms with Crippen LogP contribution >= 0.6 is 11.8 Å². The third-order valence-corrected chi connectivity index (χ3v) is 8.22. The van der Waals surface area contributed by atoms with Gasteiger partial charge in [0.2, 0.25) is 21.8 Å². The molecular weight excluding hydrogens is 434 g/mol. The molecule has 0 saturated heterocycles. The minimum atomic E-state index is -3.30. The third kappa shape index (κ3) is 6.44. The predicted molar refractivity (Wildman–Crippen MR) is 123 cm³/mol. The smallest absolute Gasteiger partial charge is 0.227 e. The van der Waals surface area contributed by atoms with E-state index in [-0.39, 0.29) is 17.9 Å². The van der Waals surface area contributed by atoms with Crippen molar-refractivity contribution in [3.63, 3.8) is 0 Å². The Kier molecular flexibility index (Phi) is 7.96. The summed E-state index contributed by atoms with van der Waals surface area (Å²) in [5.74, 6) is 0.262. The van der Waals surface area contributed by atoms with E-state index in [1.807, 2.05) is 30.3 Å². The Morgan fingerprint density at radius 3 is 2.39 bits per heavy atom. The normalized spacial score (nSPS) is 19.2. The molecule has 1 fully saturated rings. The number of hydrogen-bond donors (Lipinski definition) is 2. The fraction of sp³-hybridized carbons (Fsp3) is 0.455. The third-order valence-electron chi connectivity index (χ3n) is 5.31. The molecule has 2 N–H and O–H groups in total. The molecular formula is C22H29N3O4S2. The lowest BCUT2D eigenvalue weighted by Gasteiger charge is -2.29. The van der Waals surface area contributed by atoms with Gasteiger partial charge in [0.25, 0.3) is 0 Å². The van der Waals surface area contributed by atoms with E-state index in [4.69, 9.17) is 4.74 Å². The van der Waals surface area contributed by atoms with Crippen LogP contribution in [-0.2, 0) is 14.8 Å². The average Bonchev–Trinajstić information content (AvgIpc) is 2.75.